The monoisotopic (exact) mass is 531 g/mol. The molecule has 0 spiro atoms. The second-order valence-corrected chi connectivity index (χ2v) is 7.35. The van der Waals surface area contributed by atoms with E-state index in [4.69, 9.17) is 15.3 Å². The number of fused-ring (bicyclic) bond motifs is 3. The summed E-state index contributed by atoms with van der Waals surface area (Å²) < 4.78 is 26.1. The minimum atomic E-state index is -0.611. The van der Waals surface area contributed by atoms with Gasteiger partial charge in [-0.05, 0) is 60.7 Å². The molecular weight excluding hydrogens is 500 g/mol. The summed E-state index contributed by atoms with van der Waals surface area (Å²) in [6, 6.07) is 20.9. The van der Waals surface area contributed by atoms with Crippen molar-refractivity contribution in [2.24, 2.45) is 0 Å². The van der Waals surface area contributed by atoms with Crippen LogP contribution in [0, 0.1) is 11.6 Å². The Morgan fingerprint density at radius 3 is 1.85 bits per heavy atom. The largest absolute Gasteiger partial charge is 0.508 e. The Balaban J connectivity index is 0.000000193. The van der Waals surface area contributed by atoms with Crippen molar-refractivity contribution in [2.75, 3.05) is 0 Å². The third-order valence-electron chi connectivity index (χ3n) is 4.93. The number of phenolic OH excluding ortho intramolecular Hbond substituents is 3. The van der Waals surface area contributed by atoms with Crippen molar-refractivity contribution < 1.29 is 24.1 Å². The molecule has 202 valence electrons. The molecular formula is C31H31F2N3O3. The van der Waals surface area contributed by atoms with Gasteiger partial charge in [0.05, 0.1) is 11.0 Å². The zero-order chi connectivity index (χ0) is 28.8. The van der Waals surface area contributed by atoms with Crippen molar-refractivity contribution in [2.45, 2.75) is 27.7 Å². The smallest absolute Gasteiger partial charge is 0.174 e. The predicted octanol–water partition coefficient (Wildman–Crippen LogP) is 8.15. The Bertz CT molecular complexity index is 1630. The Labute approximate surface area is 225 Å². The topological polar surface area (TPSA) is 99.4 Å². The standard InChI is InChI=1S/2C9H6FNO.C9H7NO.2C2H6/c10-9-6-2-1-5-11-7(6)3-4-8(9)12;10-8-5-7(12)4-6-2-1-3-11-9(6)8;11-8-3-4-9-7(6-8)2-1-5-10-9;2*1-2/h2*1-5,12H;1-6,11H;2*1-2H3. The highest BCUT2D eigenvalue weighted by Crippen LogP contribution is 2.23. The van der Waals surface area contributed by atoms with Gasteiger partial charge >= 0.3 is 0 Å². The van der Waals surface area contributed by atoms with Gasteiger partial charge in [-0.25, -0.2) is 8.78 Å². The van der Waals surface area contributed by atoms with Gasteiger partial charge in [-0.3, -0.25) is 15.0 Å². The maximum absolute atomic E-state index is 13.1. The number of phenols is 3. The summed E-state index contributed by atoms with van der Waals surface area (Å²) in [6.45, 7) is 8.00. The molecule has 3 aromatic heterocycles. The molecule has 0 atom stereocenters. The van der Waals surface area contributed by atoms with E-state index in [1.807, 2.05) is 39.8 Å². The molecule has 6 aromatic rings. The van der Waals surface area contributed by atoms with Gasteiger partial charge in [0.1, 0.15) is 17.0 Å². The van der Waals surface area contributed by atoms with E-state index in [9.17, 15) is 8.78 Å². The van der Waals surface area contributed by atoms with Crippen LogP contribution in [-0.4, -0.2) is 30.3 Å². The summed E-state index contributed by atoms with van der Waals surface area (Å²) in [5, 5.41) is 29.1. The Morgan fingerprint density at radius 2 is 1.13 bits per heavy atom. The molecule has 0 saturated carbocycles. The van der Waals surface area contributed by atoms with Gasteiger partial charge in [0.25, 0.3) is 0 Å². The van der Waals surface area contributed by atoms with E-state index in [1.165, 1.54) is 18.3 Å². The first-order valence-corrected chi connectivity index (χ1v) is 12.4. The molecule has 0 fully saturated rings. The first-order chi connectivity index (χ1) is 18.9. The second kappa shape index (κ2) is 15.4. The molecule has 3 N–H and O–H groups in total. The molecule has 6 rings (SSSR count). The highest BCUT2D eigenvalue weighted by molar-refractivity contribution is 5.81. The zero-order valence-corrected chi connectivity index (χ0v) is 22.2. The van der Waals surface area contributed by atoms with Crippen LogP contribution < -0.4 is 0 Å². The molecule has 0 aliphatic heterocycles. The van der Waals surface area contributed by atoms with Gasteiger partial charge in [-0.1, -0.05) is 39.8 Å². The minimum Gasteiger partial charge on any atom is -0.508 e. The average molecular weight is 532 g/mol. The number of aromatic nitrogens is 3. The molecule has 6 nitrogen and oxygen atoms in total. The van der Waals surface area contributed by atoms with Gasteiger partial charge in [0, 0.05) is 40.8 Å². The fourth-order valence-corrected chi connectivity index (χ4v) is 3.30. The van der Waals surface area contributed by atoms with E-state index < -0.39 is 11.6 Å². The van der Waals surface area contributed by atoms with Gasteiger partial charge in [0.2, 0.25) is 0 Å². The van der Waals surface area contributed by atoms with Crippen molar-refractivity contribution in [3.05, 3.63) is 109 Å². The third-order valence-corrected chi connectivity index (χ3v) is 4.93. The fraction of sp³-hybridized carbons (Fsp3) is 0.129. The molecule has 3 aromatic carbocycles. The van der Waals surface area contributed by atoms with E-state index in [0.29, 0.717) is 16.3 Å². The van der Waals surface area contributed by atoms with Gasteiger partial charge in [0.15, 0.2) is 17.4 Å². The molecule has 8 heteroatoms. The highest BCUT2D eigenvalue weighted by Gasteiger charge is 2.05. The minimum absolute atomic E-state index is 0.0759. The molecule has 3 heterocycles. The normalized spacial score (nSPS) is 9.59. The second-order valence-electron chi connectivity index (χ2n) is 7.35. The van der Waals surface area contributed by atoms with Gasteiger partial charge in [-0.2, -0.15) is 0 Å². The molecule has 39 heavy (non-hydrogen) atoms. The third kappa shape index (κ3) is 8.33. The lowest BCUT2D eigenvalue weighted by Gasteiger charge is -1.98. The first kappa shape index (κ1) is 30.4. The molecule has 0 aliphatic carbocycles. The number of rotatable bonds is 0. The van der Waals surface area contributed by atoms with Crippen LogP contribution in [0.5, 0.6) is 17.2 Å². The fourth-order valence-electron chi connectivity index (χ4n) is 3.30. The summed E-state index contributed by atoms with van der Waals surface area (Å²) >= 11 is 0. The van der Waals surface area contributed by atoms with E-state index in [0.717, 1.165) is 17.0 Å². The van der Waals surface area contributed by atoms with Crippen molar-refractivity contribution in [1.82, 2.24) is 15.0 Å². The molecule has 0 unspecified atom stereocenters. The van der Waals surface area contributed by atoms with Crippen LogP contribution in [0.15, 0.2) is 97.5 Å². The van der Waals surface area contributed by atoms with E-state index in [1.54, 1.807) is 60.9 Å². The molecule has 0 saturated heterocycles. The maximum atomic E-state index is 13.1. The lowest BCUT2D eigenvalue weighted by molar-refractivity contribution is 0.436. The molecule has 0 amide bonds. The van der Waals surface area contributed by atoms with E-state index in [2.05, 4.69) is 15.0 Å². The van der Waals surface area contributed by atoms with Crippen LogP contribution >= 0.6 is 0 Å². The van der Waals surface area contributed by atoms with E-state index >= 15 is 0 Å². The van der Waals surface area contributed by atoms with Crippen molar-refractivity contribution >= 4 is 32.7 Å². The van der Waals surface area contributed by atoms with Crippen molar-refractivity contribution in [3.8, 4) is 17.2 Å². The Hall–Kier alpha value is -4.85. The van der Waals surface area contributed by atoms with Crippen LogP contribution in [0.2, 0.25) is 0 Å². The molecule has 0 radical (unpaired) electrons. The van der Waals surface area contributed by atoms with Crippen LogP contribution in [0.25, 0.3) is 32.7 Å². The van der Waals surface area contributed by atoms with E-state index in [-0.39, 0.29) is 22.8 Å². The maximum Gasteiger partial charge on any atom is 0.174 e. The summed E-state index contributed by atoms with van der Waals surface area (Å²) in [4.78, 5) is 11.9. The Kier molecular flexibility index (Phi) is 12.0. The lowest BCUT2D eigenvalue weighted by Crippen LogP contribution is -1.82. The highest BCUT2D eigenvalue weighted by atomic mass is 19.1. The summed E-state index contributed by atoms with van der Waals surface area (Å²) in [6.07, 6.45) is 4.83. The summed E-state index contributed by atoms with van der Waals surface area (Å²) in [7, 11) is 0. The van der Waals surface area contributed by atoms with Crippen molar-refractivity contribution in [1.29, 1.82) is 0 Å². The van der Waals surface area contributed by atoms with Crippen molar-refractivity contribution in [3.63, 3.8) is 0 Å². The summed E-state index contributed by atoms with van der Waals surface area (Å²) in [5.41, 5.74) is 1.74. The first-order valence-electron chi connectivity index (χ1n) is 12.4. The number of aromatic hydroxyl groups is 3. The number of hydrogen-bond acceptors (Lipinski definition) is 6. The Morgan fingerprint density at radius 1 is 0.564 bits per heavy atom. The predicted molar refractivity (Wildman–Crippen MR) is 153 cm³/mol. The van der Waals surface area contributed by atoms with Gasteiger partial charge in [-0.15, -0.1) is 0 Å². The number of nitrogens with zero attached hydrogens (tertiary/aromatic N) is 3. The SMILES string of the molecule is CC.CC.Oc1cc(F)c2ncccc2c1.Oc1ccc2ncccc2c1.Oc1ccc2ncccc2c1F. The number of pyridine rings is 3. The average Bonchev–Trinajstić information content (AvgIpc) is 2.98. The van der Waals surface area contributed by atoms with Crippen LogP contribution in [0.4, 0.5) is 8.78 Å². The number of halogens is 2. The van der Waals surface area contributed by atoms with Crippen LogP contribution in [-0.2, 0) is 0 Å². The number of hydrogen-bond donors (Lipinski definition) is 3. The zero-order valence-electron chi connectivity index (χ0n) is 22.2. The van der Waals surface area contributed by atoms with Gasteiger partial charge < -0.3 is 15.3 Å². The molecule has 0 bridgehead atoms. The molecule has 0 aliphatic rings. The van der Waals surface area contributed by atoms with Crippen LogP contribution in [0.3, 0.4) is 0 Å². The summed E-state index contributed by atoms with van der Waals surface area (Å²) in [5.74, 6) is -1.24. The van der Waals surface area contributed by atoms with Crippen LogP contribution in [0.1, 0.15) is 27.7 Å². The lowest BCUT2D eigenvalue weighted by atomic mass is 10.2. The number of benzene rings is 3. The quantitative estimate of drug-likeness (QED) is 0.183.